The van der Waals surface area contributed by atoms with Gasteiger partial charge in [0.1, 0.15) is 6.54 Å². The van der Waals surface area contributed by atoms with Crippen LogP contribution < -0.4 is 5.32 Å². The Hall–Kier alpha value is -2.09. The first-order valence-electron chi connectivity index (χ1n) is 11.2. The second-order valence-corrected chi connectivity index (χ2v) is 9.38. The normalized spacial score (nSPS) is 15.3. The molecular weight excluding hydrogens is 446 g/mol. The van der Waals surface area contributed by atoms with Gasteiger partial charge in [-0.2, -0.15) is 0 Å². The van der Waals surface area contributed by atoms with Crippen LogP contribution in [0.25, 0.3) is 0 Å². The number of carbonyl (C=O) groups excluding carboxylic acids is 2. The molecule has 8 heteroatoms. The number of hydrogen-bond acceptors (Lipinski definition) is 4. The van der Waals surface area contributed by atoms with E-state index < -0.39 is 0 Å². The van der Waals surface area contributed by atoms with E-state index in [-0.39, 0.29) is 24.5 Å². The van der Waals surface area contributed by atoms with E-state index in [2.05, 4.69) is 23.7 Å². The van der Waals surface area contributed by atoms with Crippen LogP contribution in [-0.2, 0) is 16.0 Å². The second-order valence-electron chi connectivity index (χ2n) is 7.94. The number of benzene rings is 1. The van der Waals surface area contributed by atoms with E-state index in [9.17, 15) is 9.59 Å². The Morgan fingerprint density at radius 1 is 1.25 bits per heavy atom. The van der Waals surface area contributed by atoms with Crippen LogP contribution in [-0.4, -0.2) is 61.6 Å². The zero-order valence-corrected chi connectivity index (χ0v) is 20.4. The molecule has 0 saturated heterocycles. The Bertz CT molecular complexity index is 887. The minimum absolute atomic E-state index is 0.0469. The molecule has 0 fully saturated rings. The maximum absolute atomic E-state index is 13.5. The summed E-state index contributed by atoms with van der Waals surface area (Å²) in [5.41, 5.74) is 2.19. The molecule has 1 aromatic carbocycles. The maximum Gasteiger partial charge on any atom is 0.317 e. The van der Waals surface area contributed by atoms with Crippen LogP contribution in [0.5, 0.6) is 0 Å². The number of halogens is 1. The molecule has 1 aliphatic heterocycles. The lowest BCUT2D eigenvalue weighted by atomic mass is 9.93. The molecule has 1 N–H and O–H groups in total. The molecule has 0 radical (unpaired) electrons. The van der Waals surface area contributed by atoms with Gasteiger partial charge in [-0.1, -0.05) is 37.1 Å². The third-order valence-electron chi connectivity index (χ3n) is 5.67. The number of rotatable bonds is 10. The highest BCUT2D eigenvalue weighted by Gasteiger charge is 2.33. The number of nitrogens with zero attached hydrogens (tertiary/aromatic N) is 2. The fourth-order valence-corrected chi connectivity index (χ4v) is 5.01. The number of unbranched alkanes of at least 4 members (excludes halogenated alkanes) is 1. The van der Waals surface area contributed by atoms with Gasteiger partial charge >= 0.3 is 6.03 Å². The van der Waals surface area contributed by atoms with Crippen molar-refractivity contribution in [3.8, 4) is 0 Å². The Morgan fingerprint density at radius 3 is 2.75 bits per heavy atom. The van der Waals surface area contributed by atoms with Crippen molar-refractivity contribution in [2.45, 2.75) is 38.6 Å². The van der Waals surface area contributed by atoms with Crippen molar-refractivity contribution < 1.29 is 14.3 Å². The van der Waals surface area contributed by atoms with E-state index in [4.69, 9.17) is 16.3 Å². The molecule has 2 aromatic rings. The van der Waals surface area contributed by atoms with Gasteiger partial charge < -0.3 is 19.9 Å². The standard InChI is InChI=1S/C24H32ClN3O3S/c1-3-4-12-26-24(30)27(13-5-15-31-2)17-22(29)28-14-10-21-20(11-16-32-21)23(28)18-6-8-19(25)9-7-18/h6-9,11,16,23H,3-5,10,12-15,17H2,1-2H3,(H,26,30). The monoisotopic (exact) mass is 477 g/mol. The summed E-state index contributed by atoms with van der Waals surface area (Å²) in [5, 5.41) is 5.69. The molecule has 1 atom stereocenters. The number of methoxy groups -OCH3 is 1. The van der Waals surface area contributed by atoms with Gasteiger partial charge in [-0.25, -0.2) is 4.79 Å². The zero-order valence-electron chi connectivity index (χ0n) is 18.8. The summed E-state index contributed by atoms with van der Waals surface area (Å²) in [6, 6.07) is 9.42. The number of ether oxygens (including phenoxy) is 1. The van der Waals surface area contributed by atoms with Gasteiger partial charge in [0.2, 0.25) is 5.91 Å². The first-order chi connectivity index (χ1) is 15.5. The minimum atomic E-state index is -0.195. The average molecular weight is 478 g/mol. The van der Waals surface area contributed by atoms with Gasteiger partial charge in [-0.15, -0.1) is 11.3 Å². The van der Waals surface area contributed by atoms with Gasteiger partial charge in [0.15, 0.2) is 0 Å². The number of hydrogen-bond donors (Lipinski definition) is 1. The number of fused-ring (bicyclic) bond motifs is 1. The number of thiophene rings is 1. The van der Waals surface area contributed by atoms with Crippen molar-refractivity contribution in [2.24, 2.45) is 0 Å². The highest BCUT2D eigenvalue weighted by molar-refractivity contribution is 7.10. The van der Waals surface area contributed by atoms with Crippen LogP contribution in [0.2, 0.25) is 5.02 Å². The second kappa shape index (κ2) is 12.2. The van der Waals surface area contributed by atoms with E-state index in [0.29, 0.717) is 37.7 Å². The first-order valence-corrected chi connectivity index (χ1v) is 12.4. The van der Waals surface area contributed by atoms with Crippen LogP contribution in [0.15, 0.2) is 35.7 Å². The van der Waals surface area contributed by atoms with Gasteiger partial charge in [0, 0.05) is 43.3 Å². The molecule has 3 rings (SSSR count). The van der Waals surface area contributed by atoms with Crippen molar-refractivity contribution in [1.29, 1.82) is 0 Å². The van der Waals surface area contributed by atoms with Crippen molar-refractivity contribution >= 4 is 34.9 Å². The van der Waals surface area contributed by atoms with Crippen LogP contribution in [0, 0.1) is 0 Å². The van der Waals surface area contributed by atoms with E-state index >= 15 is 0 Å². The largest absolute Gasteiger partial charge is 0.385 e. The third kappa shape index (κ3) is 6.24. The topological polar surface area (TPSA) is 61.9 Å². The Labute approximate surface area is 199 Å². The zero-order chi connectivity index (χ0) is 22.9. The lowest BCUT2D eigenvalue weighted by Crippen LogP contribution is -2.49. The molecule has 2 heterocycles. The molecule has 0 spiro atoms. The van der Waals surface area contributed by atoms with E-state index in [1.165, 1.54) is 4.88 Å². The van der Waals surface area contributed by atoms with Crippen molar-refractivity contribution in [3.05, 3.63) is 56.7 Å². The molecular formula is C24H32ClN3O3S. The fourth-order valence-electron chi connectivity index (χ4n) is 3.98. The molecule has 6 nitrogen and oxygen atoms in total. The van der Waals surface area contributed by atoms with E-state index in [1.807, 2.05) is 29.2 Å². The van der Waals surface area contributed by atoms with Crippen LogP contribution in [0.1, 0.15) is 48.2 Å². The summed E-state index contributed by atoms with van der Waals surface area (Å²) in [6.07, 6.45) is 3.43. The number of amides is 3. The summed E-state index contributed by atoms with van der Waals surface area (Å²) in [6.45, 7) is 4.38. The molecule has 0 bridgehead atoms. The third-order valence-corrected chi connectivity index (χ3v) is 6.92. The van der Waals surface area contributed by atoms with Crippen molar-refractivity contribution in [3.63, 3.8) is 0 Å². The van der Waals surface area contributed by atoms with E-state index in [1.54, 1.807) is 23.3 Å². The molecule has 1 aliphatic rings. The predicted molar refractivity (Wildman–Crippen MR) is 129 cm³/mol. The van der Waals surface area contributed by atoms with Gasteiger partial charge in [0.25, 0.3) is 0 Å². The molecule has 1 unspecified atom stereocenters. The van der Waals surface area contributed by atoms with Crippen LogP contribution in [0.4, 0.5) is 4.79 Å². The summed E-state index contributed by atoms with van der Waals surface area (Å²) in [5.74, 6) is -0.0511. The Balaban J connectivity index is 1.78. The molecule has 32 heavy (non-hydrogen) atoms. The SMILES string of the molecule is CCCCNC(=O)N(CCCOC)CC(=O)N1CCc2sccc2C1c1ccc(Cl)cc1. The van der Waals surface area contributed by atoms with Gasteiger partial charge in [-0.05, 0) is 54.0 Å². The van der Waals surface area contributed by atoms with Crippen LogP contribution >= 0.6 is 22.9 Å². The highest BCUT2D eigenvalue weighted by Crippen LogP contribution is 2.38. The number of carbonyl (C=O) groups is 2. The molecule has 3 amide bonds. The molecule has 1 aromatic heterocycles. The predicted octanol–water partition coefficient (Wildman–Crippen LogP) is 4.72. The summed E-state index contributed by atoms with van der Waals surface area (Å²) >= 11 is 7.84. The van der Waals surface area contributed by atoms with Crippen molar-refractivity contribution in [1.82, 2.24) is 15.1 Å². The maximum atomic E-state index is 13.5. The quantitative estimate of drug-likeness (QED) is 0.503. The number of nitrogens with one attached hydrogen (secondary N) is 1. The lowest BCUT2D eigenvalue weighted by molar-refractivity contribution is -0.134. The lowest BCUT2D eigenvalue weighted by Gasteiger charge is -2.37. The smallest absolute Gasteiger partial charge is 0.317 e. The van der Waals surface area contributed by atoms with Gasteiger partial charge in [-0.3, -0.25) is 4.79 Å². The first kappa shape index (κ1) is 24.6. The fraction of sp³-hybridized carbons (Fsp3) is 0.500. The van der Waals surface area contributed by atoms with Gasteiger partial charge in [0.05, 0.1) is 6.04 Å². The van der Waals surface area contributed by atoms with Crippen molar-refractivity contribution in [2.75, 3.05) is 39.9 Å². The molecule has 0 saturated carbocycles. The summed E-state index contributed by atoms with van der Waals surface area (Å²) in [4.78, 5) is 31.1. The highest BCUT2D eigenvalue weighted by atomic mass is 35.5. The minimum Gasteiger partial charge on any atom is -0.385 e. The number of urea groups is 1. The summed E-state index contributed by atoms with van der Waals surface area (Å²) in [7, 11) is 1.64. The van der Waals surface area contributed by atoms with E-state index in [0.717, 1.165) is 30.4 Å². The summed E-state index contributed by atoms with van der Waals surface area (Å²) < 4.78 is 5.14. The average Bonchev–Trinajstić information content (AvgIpc) is 3.27. The van der Waals surface area contributed by atoms with Crippen LogP contribution in [0.3, 0.4) is 0 Å². The Morgan fingerprint density at radius 2 is 2.03 bits per heavy atom. The molecule has 0 aliphatic carbocycles. The molecule has 174 valence electrons. The Kier molecular flexibility index (Phi) is 9.38.